The minimum absolute atomic E-state index is 0.0136. The molecule has 2 saturated heterocycles. The smallest absolute Gasteiger partial charge is 0.227 e. The number of hydrogen-bond acceptors (Lipinski definition) is 7. The number of nitrogens with zero attached hydrogens (tertiary/aromatic N) is 5. The van der Waals surface area contributed by atoms with Crippen molar-refractivity contribution in [3.8, 4) is 0 Å². The SMILES string of the molecule is CCN1CCN(c2nccc(N(C)C3CCS(=O)(=O)C3)n2)CC1. The van der Waals surface area contributed by atoms with Crippen LogP contribution in [0.5, 0.6) is 0 Å². The van der Waals surface area contributed by atoms with Crippen LogP contribution < -0.4 is 9.80 Å². The molecule has 1 unspecified atom stereocenters. The van der Waals surface area contributed by atoms with Gasteiger partial charge in [-0.25, -0.2) is 13.4 Å². The Balaban J connectivity index is 1.70. The summed E-state index contributed by atoms with van der Waals surface area (Å²) >= 11 is 0. The molecule has 0 aromatic carbocycles. The zero-order valence-electron chi connectivity index (χ0n) is 13.8. The summed E-state index contributed by atoms with van der Waals surface area (Å²) < 4.78 is 23.4. The van der Waals surface area contributed by atoms with Crippen molar-refractivity contribution in [3.63, 3.8) is 0 Å². The predicted octanol–water partition coefficient (Wildman–Crippen LogP) is 0.242. The normalized spacial score (nSPS) is 24.8. The zero-order chi connectivity index (χ0) is 16.4. The highest BCUT2D eigenvalue weighted by molar-refractivity contribution is 7.91. The summed E-state index contributed by atoms with van der Waals surface area (Å²) in [6.07, 6.45) is 2.44. The second-order valence-corrected chi connectivity index (χ2v) is 8.53. The van der Waals surface area contributed by atoms with E-state index in [1.165, 1.54) is 0 Å². The molecule has 0 saturated carbocycles. The van der Waals surface area contributed by atoms with Crippen molar-refractivity contribution < 1.29 is 8.42 Å². The Morgan fingerprint density at radius 2 is 2.04 bits per heavy atom. The van der Waals surface area contributed by atoms with Crippen LogP contribution in [0, 0.1) is 0 Å². The maximum atomic E-state index is 11.7. The van der Waals surface area contributed by atoms with Crippen LogP contribution in [0.1, 0.15) is 13.3 Å². The molecular formula is C15H25N5O2S. The highest BCUT2D eigenvalue weighted by Gasteiger charge is 2.31. The molecule has 1 atom stereocenters. The van der Waals surface area contributed by atoms with E-state index in [2.05, 4.69) is 26.7 Å². The lowest BCUT2D eigenvalue weighted by molar-refractivity contribution is 0.270. The summed E-state index contributed by atoms with van der Waals surface area (Å²) in [5.74, 6) is 2.04. The van der Waals surface area contributed by atoms with E-state index in [9.17, 15) is 8.42 Å². The highest BCUT2D eigenvalue weighted by atomic mass is 32.2. The van der Waals surface area contributed by atoms with Crippen LogP contribution in [0.3, 0.4) is 0 Å². The Hall–Kier alpha value is -1.41. The lowest BCUT2D eigenvalue weighted by Gasteiger charge is -2.34. The number of anilines is 2. The van der Waals surface area contributed by atoms with Gasteiger partial charge >= 0.3 is 0 Å². The van der Waals surface area contributed by atoms with Gasteiger partial charge in [-0.1, -0.05) is 6.92 Å². The first kappa shape index (κ1) is 16.4. The van der Waals surface area contributed by atoms with Gasteiger partial charge in [-0.15, -0.1) is 0 Å². The summed E-state index contributed by atoms with van der Waals surface area (Å²) in [6.45, 7) is 7.17. The van der Waals surface area contributed by atoms with E-state index in [-0.39, 0.29) is 17.5 Å². The third-order valence-corrected chi connectivity index (χ3v) is 6.60. The van der Waals surface area contributed by atoms with Gasteiger partial charge in [-0.3, -0.25) is 0 Å². The summed E-state index contributed by atoms with van der Waals surface area (Å²) in [4.78, 5) is 15.7. The Labute approximate surface area is 138 Å². The van der Waals surface area contributed by atoms with Gasteiger partial charge in [0.1, 0.15) is 5.82 Å². The maximum absolute atomic E-state index is 11.7. The van der Waals surface area contributed by atoms with E-state index in [0.29, 0.717) is 6.42 Å². The van der Waals surface area contributed by atoms with E-state index in [1.807, 2.05) is 18.0 Å². The molecule has 0 spiro atoms. The van der Waals surface area contributed by atoms with E-state index in [1.54, 1.807) is 6.20 Å². The van der Waals surface area contributed by atoms with Crippen LogP contribution in [0.15, 0.2) is 12.3 Å². The van der Waals surface area contributed by atoms with Crippen molar-refractivity contribution in [2.75, 3.05) is 61.1 Å². The van der Waals surface area contributed by atoms with Gasteiger partial charge in [0, 0.05) is 45.5 Å². The van der Waals surface area contributed by atoms with Gasteiger partial charge in [0.15, 0.2) is 9.84 Å². The predicted molar refractivity (Wildman–Crippen MR) is 91.8 cm³/mol. The molecule has 2 aliphatic heterocycles. The quantitative estimate of drug-likeness (QED) is 0.778. The van der Waals surface area contributed by atoms with Gasteiger partial charge in [0.25, 0.3) is 0 Å². The number of sulfone groups is 1. The Kier molecular flexibility index (Phi) is 4.72. The first-order chi connectivity index (χ1) is 11.0. The minimum atomic E-state index is -2.89. The standard InChI is InChI=1S/C15H25N5O2S/c1-3-19-7-9-20(10-8-19)15-16-6-4-14(17-15)18(2)13-5-11-23(21,22)12-13/h4,6,13H,3,5,7-12H2,1-2H3. The molecule has 0 radical (unpaired) electrons. The molecule has 0 bridgehead atoms. The molecule has 23 heavy (non-hydrogen) atoms. The fraction of sp³-hybridized carbons (Fsp3) is 0.733. The van der Waals surface area contributed by atoms with E-state index < -0.39 is 9.84 Å². The van der Waals surface area contributed by atoms with Crippen molar-refractivity contribution in [2.24, 2.45) is 0 Å². The van der Waals surface area contributed by atoms with Gasteiger partial charge in [0.05, 0.1) is 11.5 Å². The van der Waals surface area contributed by atoms with Crippen molar-refractivity contribution in [2.45, 2.75) is 19.4 Å². The van der Waals surface area contributed by atoms with Crippen molar-refractivity contribution in [1.29, 1.82) is 0 Å². The molecule has 1 aromatic heterocycles. The average Bonchev–Trinajstić information content (AvgIpc) is 2.94. The van der Waals surface area contributed by atoms with Gasteiger partial charge in [0.2, 0.25) is 5.95 Å². The molecule has 7 nitrogen and oxygen atoms in total. The molecule has 2 aliphatic rings. The van der Waals surface area contributed by atoms with Crippen molar-refractivity contribution in [3.05, 3.63) is 12.3 Å². The summed E-state index contributed by atoms with van der Waals surface area (Å²) in [5, 5.41) is 0. The highest BCUT2D eigenvalue weighted by Crippen LogP contribution is 2.22. The number of piperazine rings is 1. The Morgan fingerprint density at radius 1 is 1.30 bits per heavy atom. The second kappa shape index (κ2) is 6.60. The molecular weight excluding hydrogens is 314 g/mol. The van der Waals surface area contributed by atoms with Crippen LogP contribution >= 0.6 is 0 Å². The van der Waals surface area contributed by atoms with Crippen LogP contribution in [-0.2, 0) is 9.84 Å². The third kappa shape index (κ3) is 3.74. The van der Waals surface area contributed by atoms with Gasteiger partial charge in [-0.05, 0) is 19.0 Å². The average molecular weight is 339 g/mol. The van der Waals surface area contributed by atoms with E-state index >= 15 is 0 Å². The Bertz CT molecular complexity index is 643. The number of aromatic nitrogens is 2. The lowest BCUT2D eigenvalue weighted by Crippen LogP contribution is -2.46. The maximum Gasteiger partial charge on any atom is 0.227 e. The van der Waals surface area contributed by atoms with Crippen molar-refractivity contribution in [1.82, 2.24) is 14.9 Å². The molecule has 0 N–H and O–H groups in total. The molecule has 8 heteroatoms. The topological polar surface area (TPSA) is 69.6 Å². The fourth-order valence-electron chi connectivity index (χ4n) is 3.22. The molecule has 0 aliphatic carbocycles. The molecule has 2 fully saturated rings. The number of hydrogen-bond donors (Lipinski definition) is 0. The summed E-state index contributed by atoms with van der Waals surface area (Å²) in [7, 11) is -0.966. The molecule has 3 heterocycles. The van der Waals surface area contributed by atoms with Crippen LogP contribution in [0.4, 0.5) is 11.8 Å². The van der Waals surface area contributed by atoms with E-state index in [0.717, 1.165) is 44.5 Å². The lowest BCUT2D eigenvalue weighted by atomic mass is 10.2. The second-order valence-electron chi connectivity index (χ2n) is 6.30. The number of likely N-dealkylation sites (N-methyl/N-ethyl adjacent to an activating group) is 1. The number of rotatable bonds is 4. The van der Waals surface area contributed by atoms with E-state index in [4.69, 9.17) is 0 Å². The monoisotopic (exact) mass is 339 g/mol. The van der Waals surface area contributed by atoms with Gasteiger partial charge in [-0.2, -0.15) is 4.98 Å². The van der Waals surface area contributed by atoms with Crippen LogP contribution in [0.2, 0.25) is 0 Å². The molecule has 128 valence electrons. The minimum Gasteiger partial charge on any atom is -0.355 e. The van der Waals surface area contributed by atoms with Crippen LogP contribution in [0.25, 0.3) is 0 Å². The zero-order valence-corrected chi connectivity index (χ0v) is 14.7. The first-order valence-corrected chi connectivity index (χ1v) is 10.0. The Morgan fingerprint density at radius 3 is 2.65 bits per heavy atom. The molecule has 0 amide bonds. The van der Waals surface area contributed by atoms with Crippen molar-refractivity contribution >= 4 is 21.6 Å². The summed E-state index contributed by atoms with van der Waals surface area (Å²) in [6, 6.07) is 1.87. The molecule has 3 rings (SSSR count). The fourth-order valence-corrected chi connectivity index (χ4v) is 4.99. The molecule has 1 aromatic rings. The van der Waals surface area contributed by atoms with Gasteiger partial charge < -0.3 is 14.7 Å². The van der Waals surface area contributed by atoms with Crippen LogP contribution in [-0.4, -0.2) is 80.6 Å². The third-order valence-electron chi connectivity index (χ3n) is 4.85. The first-order valence-electron chi connectivity index (χ1n) is 8.22. The summed E-state index contributed by atoms with van der Waals surface area (Å²) in [5.41, 5.74) is 0. The largest absolute Gasteiger partial charge is 0.355 e.